The molecule has 0 bridgehead atoms. The maximum absolute atomic E-state index is 12.1. The lowest BCUT2D eigenvalue weighted by molar-refractivity contribution is -0.161. The average Bonchev–Trinajstić information content (AvgIpc) is 3.27. The zero-order chi connectivity index (χ0) is 46.4. The van der Waals surface area contributed by atoms with Gasteiger partial charge in [-0.25, -0.2) is 0 Å². The van der Waals surface area contributed by atoms with Gasteiger partial charge in [0, 0.05) is 37.6 Å². The lowest BCUT2D eigenvalue weighted by Gasteiger charge is -2.40. The van der Waals surface area contributed by atoms with Crippen LogP contribution in [-0.2, 0) is 43.0 Å². The average molecular weight is 834 g/mol. The number of hydrogen-bond acceptors (Lipinski definition) is 13. The number of piperidine rings is 1. The first kappa shape index (κ1) is 56.3. The Morgan fingerprint density at radius 1 is 0.717 bits per heavy atom. The molecule has 0 spiro atoms. The number of carbonyl (C=O) groups excluding carboxylic acids is 6. The van der Waals surface area contributed by atoms with Crippen LogP contribution in [0.15, 0.2) is 104 Å². The van der Waals surface area contributed by atoms with Gasteiger partial charge in [-0.05, 0) is 71.2 Å². The molecule has 1 fully saturated rings. The number of ketones is 3. The van der Waals surface area contributed by atoms with E-state index in [4.69, 9.17) is 21.6 Å². The van der Waals surface area contributed by atoms with E-state index in [1.54, 1.807) is 6.92 Å². The molecule has 0 aromatic heterocycles. The number of likely N-dealkylation sites (tertiary alicyclic amines) is 1. The first-order valence-electron chi connectivity index (χ1n) is 19.3. The fraction of sp³-hybridized carbons (Fsp3) is 0.413. The highest BCUT2D eigenvalue weighted by atomic mass is 16.5. The lowest BCUT2D eigenvalue weighted by Crippen LogP contribution is -2.52. The molecule has 0 amide bonds. The van der Waals surface area contributed by atoms with Crippen LogP contribution in [0.3, 0.4) is 0 Å². The van der Waals surface area contributed by atoms with E-state index in [-0.39, 0.29) is 35.5 Å². The molecule has 0 aliphatic carbocycles. The Hall–Kier alpha value is -5.83. The van der Waals surface area contributed by atoms with E-state index in [2.05, 4.69) is 45.7 Å². The maximum Gasteiger partial charge on any atom is 0.320 e. The van der Waals surface area contributed by atoms with Gasteiger partial charge in [0.2, 0.25) is 0 Å². The molecule has 14 heteroatoms. The predicted octanol–water partition coefficient (Wildman–Crippen LogP) is 6.10. The molecule has 60 heavy (non-hydrogen) atoms. The van der Waals surface area contributed by atoms with Crippen molar-refractivity contribution < 1.29 is 43.0 Å². The lowest BCUT2D eigenvalue weighted by atomic mass is 9.80. The zero-order valence-electron chi connectivity index (χ0n) is 36.9. The number of methoxy groups -OCH3 is 3. The first-order chi connectivity index (χ1) is 28.2. The van der Waals surface area contributed by atoms with Gasteiger partial charge in [0.15, 0.2) is 11.6 Å². The summed E-state index contributed by atoms with van der Waals surface area (Å²) < 4.78 is 13.5. The van der Waals surface area contributed by atoms with Gasteiger partial charge in [-0.3, -0.25) is 39.1 Å². The predicted molar refractivity (Wildman–Crippen MR) is 235 cm³/mol. The number of rotatable bonds is 10. The van der Waals surface area contributed by atoms with E-state index in [9.17, 15) is 28.8 Å². The summed E-state index contributed by atoms with van der Waals surface area (Å²) in [5.74, 6) is -3.27. The second-order valence-corrected chi connectivity index (χ2v) is 13.8. The summed E-state index contributed by atoms with van der Waals surface area (Å²) in [6.07, 6.45) is 2.25. The molecule has 3 aromatic rings. The summed E-state index contributed by atoms with van der Waals surface area (Å²) in [4.78, 5) is 68.5. The van der Waals surface area contributed by atoms with Crippen molar-refractivity contribution in [3.8, 4) is 0 Å². The number of nitrogens with zero attached hydrogens (tertiary/aromatic N) is 1. The molecule has 6 unspecified atom stereocenters. The standard InChI is InChI=1S/C16H21NO3.2C8H11N.C7H10O3.C6H10O3.CH4N2/c1-12(13-7-5-4-6-8-13)17-10-9-14(18)16(2,11-17)15(19)20-3;2*1-7(9)8-5-3-2-4-6-8;1-4-6(8)5(2)7(9)10-3;1-4(5(2)7)6(8)9-3;2-1-3/h4-8,12H,9-11H2,1-3H3;2*2-7H,9H2,1H3;4-5H,1H2,2-3H3;4H,1-3H3;1H,(H3,2,3). The van der Waals surface area contributed by atoms with Gasteiger partial charge in [-0.15, -0.1) is 0 Å². The quantitative estimate of drug-likeness (QED) is 0.0452. The van der Waals surface area contributed by atoms with Gasteiger partial charge in [0.1, 0.15) is 23.0 Å². The van der Waals surface area contributed by atoms with Gasteiger partial charge in [0.25, 0.3) is 0 Å². The van der Waals surface area contributed by atoms with Crippen LogP contribution in [0.4, 0.5) is 0 Å². The van der Waals surface area contributed by atoms with Crippen molar-refractivity contribution in [2.24, 2.45) is 34.5 Å². The van der Waals surface area contributed by atoms with Crippen LogP contribution in [0, 0.1) is 22.7 Å². The molecule has 330 valence electrons. The van der Waals surface area contributed by atoms with Crippen LogP contribution in [0.1, 0.15) is 89.7 Å². The smallest absolute Gasteiger partial charge is 0.320 e. The van der Waals surface area contributed by atoms with Crippen LogP contribution in [0.2, 0.25) is 0 Å². The molecule has 3 aromatic carbocycles. The number of hydrogen-bond donors (Lipinski definition) is 4. The van der Waals surface area contributed by atoms with Gasteiger partial charge < -0.3 is 31.4 Å². The normalized spacial score (nSPS) is 16.4. The highest BCUT2D eigenvalue weighted by molar-refractivity contribution is 6.04. The second kappa shape index (κ2) is 31.1. The number of nitrogens with one attached hydrogen (secondary N) is 1. The first-order valence-corrected chi connectivity index (χ1v) is 19.3. The number of ether oxygens (including phenoxy) is 3. The SMILES string of the molecule is C=CC(=O)C(C)C(=O)OC.CC(N)c1ccccc1.CC(N)c1ccccc1.COC(=O)C(C)C(C)=O.COC(=O)C1(C)CN(C(C)c2ccccc2)CCC1=O.N=CN. The van der Waals surface area contributed by atoms with Gasteiger partial charge in [-0.1, -0.05) is 97.6 Å². The molecular formula is C46H67N5O9. The van der Waals surface area contributed by atoms with Crippen molar-refractivity contribution in [2.45, 2.75) is 73.0 Å². The van der Waals surface area contributed by atoms with Crippen LogP contribution in [-0.4, -0.2) is 80.9 Å². The summed E-state index contributed by atoms with van der Waals surface area (Å²) in [6, 6.07) is 30.7. The number of Topliss-reactive ketones (excluding diaryl/α,β-unsaturated/α-hetero) is 2. The minimum absolute atomic E-state index is 0.0270. The van der Waals surface area contributed by atoms with Gasteiger partial charge >= 0.3 is 17.9 Å². The number of carbonyl (C=O) groups is 6. The molecule has 1 aliphatic rings. The largest absolute Gasteiger partial charge is 0.468 e. The Morgan fingerprint density at radius 3 is 1.37 bits per heavy atom. The molecule has 4 rings (SSSR count). The number of nitrogens with two attached hydrogens (primary N) is 3. The zero-order valence-corrected chi connectivity index (χ0v) is 36.9. The number of allylic oxidation sites excluding steroid dienone is 1. The van der Waals surface area contributed by atoms with E-state index < -0.39 is 35.2 Å². The topological polar surface area (TPSA) is 235 Å². The number of esters is 3. The Labute approximate surface area is 356 Å². The van der Waals surface area contributed by atoms with Crippen molar-refractivity contribution >= 4 is 41.6 Å². The van der Waals surface area contributed by atoms with Crippen molar-refractivity contribution in [2.75, 3.05) is 34.4 Å². The van der Waals surface area contributed by atoms with Crippen LogP contribution in [0.25, 0.3) is 0 Å². The summed E-state index contributed by atoms with van der Waals surface area (Å²) in [5, 5.41) is 5.86. The second-order valence-electron chi connectivity index (χ2n) is 13.8. The van der Waals surface area contributed by atoms with E-state index in [1.807, 2.05) is 92.7 Å². The summed E-state index contributed by atoms with van der Waals surface area (Å²) >= 11 is 0. The van der Waals surface area contributed by atoms with Crippen molar-refractivity contribution in [3.05, 3.63) is 120 Å². The van der Waals surface area contributed by atoms with E-state index >= 15 is 0 Å². The Bertz CT molecular complexity index is 1690. The molecule has 1 saturated heterocycles. The third kappa shape index (κ3) is 21.3. The van der Waals surface area contributed by atoms with Crippen molar-refractivity contribution in [1.82, 2.24) is 4.90 Å². The fourth-order valence-corrected chi connectivity index (χ4v) is 5.10. The molecule has 0 saturated carbocycles. The molecule has 7 N–H and O–H groups in total. The minimum atomic E-state index is -1.05. The molecule has 14 nitrogen and oxygen atoms in total. The summed E-state index contributed by atoms with van der Waals surface area (Å²) in [6.45, 7) is 16.4. The van der Waals surface area contributed by atoms with Crippen LogP contribution in [0.5, 0.6) is 0 Å². The minimum Gasteiger partial charge on any atom is -0.468 e. The molecule has 1 aliphatic heterocycles. The fourth-order valence-electron chi connectivity index (χ4n) is 5.10. The van der Waals surface area contributed by atoms with E-state index in [1.165, 1.54) is 58.8 Å². The molecule has 0 radical (unpaired) electrons. The summed E-state index contributed by atoms with van der Waals surface area (Å²) in [5.41, 5.74) is 18.1. The molecule has 1 heterocycles. The van der Waals surface area contributed by atoms with Gasteiger partial charge in [-0.2, -0.15) is 0 Å². The maximum atomic E-state index is 12.1. The highest BCUT2D eigenvalue weighted by Gasteiger charge is 2.46. The van der Waals surface area contributed by atoms with E-state index in [0.29, 0.717) is 19.5 Å². The molecule has 6 atom stereocenters. The monoisotopic (exact) mass is 833 g/mol. The van der Waals surface area contributed by atoms with Crippen LogP contribution < -0.4 is 17.2 Å². The third-order valence-corrected chi connectivity index (χ3v) is 9.22. The Balaban J connectivity index is 0. The number of benzene rings is 3. The third-order valence-electron chi connectivity index (χ3n) is 9.22. The van der Waals surface area contributed by atoms with Crippen molar-refractivity contribution in [1.29, 1.82) is 5.41 Å². The highest BCUT2D eigenvalue weighted by Crippen LogP contribution is 2.32. The Morgan fingerprint density at radius 2 is 1.08 bits per heavy atom. The van der Waals surface area contributed by atoms with E-state index in [0.717, 1.165) is 12.4 Å². The summed E-state index contributed by atoms with van der Waals surface area (Å²) in [7, 11) is 3.84. The molecular weight excluding hydrogens is 767 g/mol. The van der Waals surface area contributed by atoms with Crippen LogP contribution >= 0.6 is 0 Å². The van der Waals surface area contributed by atoms with Crippen molar-refractivity contribution in [3.63, 3.8) is 0 Å². The Kier molecular flexibility index (Phi) is 29.2. The van der Waals surface area contributed by atoms with Gasteiger partial charge in [0.05, 0.1) is 27.7 Å².